The molecule has 2 aromatic rings. The number of thiazole rings is 1. The van der Waals surface area contributed by atoms with Crippen molar-refractivity contribution in [2.45, 2.75) is 27.3 Å². The molecule has 0 saturated carbocycles. The van der Waals surface area contributed by atoms with Crippen molar-refractivity contribution in [3.8, 4) is 0 Å². The molecule has 0 saturated heterocycles. The summed E-state index contributed by atoms with van der Waals surface area (Å²) in [6, 6.07) is 7.42. The Kier molecular flexibility index (Phi) is 6.26. The van der Waals surface area contributed by atoms with Crippen molar-refractivity contribution in [1.82, 2.24) is 10.3 Å². The molecule has 0 aliphatic carbocycles. The highest BCUT2D eigenvalue weighted by Crippen LogP contribution is 2.11. The van der Waals surface area contributed by atoms with E-state index in [1.807, 2.05) is 50.4 Å². The number of carbonyl (C=O) groups is 2. The van der Waals surface area contributed by atoms with Crippen molar-refractivity contribution in [2.24, 2.45) is 5.92 Å². The minimum atomic E-state index is -0.169. The number of aromatic nitrogens is 1. The van der Waals surface area contributed by atoms with Gasteiger partial charge in [-0.1, -0.05) is 26.0 Å². The van der Waals surface area contributed by atoms with E-state index < -0.39 is 0 Å². The summed E-state index contributed by atoms with van der Waals surface area (Å²) in [7, 11) is 0. The van der Waals surface area contributed by atoms with E-state index in [1.165, 1.54) is 6.08 Å². The molecular weight excluding hydrogens is 322 g/mol. The van der Waals surface area contributed by atoms with Crippen LogP contribution in [0.1, 0.15) is 30.1 Å². The Hall–Kier alpha value is -2.47. The Morgan fingerprint density at radius 1 is 1.25 bits per heavy atom. The van der Waals surface area contributed by atoms with Gasteiger partial charge in [0, 0.05) is 29.6 Å². The molecule has 0 spiro atoms. The molecule has 5 nitrogen and oxygen atoms in total. The van der Waals surface area contributed by atoms with Crippen LogP contribution in [0.3, 0.4) is 0 Å². The predicted molar refractivity (Wildman–Crippen MR) is 97.6 cm³/mol. The maximum atomic E-state index is 11.8. The Balaban J connectivity index is 1.82. The number of benzene rings is 1. The normalized spacial score (nSPS) is 11.0. The summed E-state index contributed by atoms with van der Waals surface area (Å²) in [5.74, 6) is -0.242. The molecule has 0 radical (unpaired) electrons. The van der Waals surface area contributed by atoms with Crippen LogP contribution >= 0.6 is 11.3 Å². The molecule has 2 amide bonds. The van der Waals surface area contributed by atoms with E-state index in [2.05, 4.69) is 15.6 Å². The van der Waals surface area contributed by atoms with Gasteiger partial charge >= 0.3 is 0 Å². The Bertz CT molecular complexity index is 733. The smallest absolute Gasteiger partial charge is 0.244 e. The molecule has 126 valence electrons. The number of nitrogens with zero attached hydrogens (tertiary/aromatic N) is 1. The van der Waals surface area contributed by atoms with Crippen LogP contribution in [0, 0.1) is 12.8 Å². The molecule has 1 heterocycles. The average molecular weight is 343 g/mol. The van der Waals surface area contributed by atoms with Crippen molar-refractivity contribution in [3.63, 3.8) is 0 Å². The maximum absolute atomic E-state index is 11.8. The van der Waals surface area contributed by atoms with Crippen molar-refractivity contribution >= 4 is 34.9 Å². The number of rotatable bonds is 6. The lowest BCUT2D eigenvalue weighted by Crippen LogP contribution is -2.20. The fraction of sp³-hybridized carbons (Fsp3) is 0.278. The quantitative estimate of drug-likeness (QED) is 0.790. The van der Waals surface area contributed by atoms with E-state index in [-0.39, 0.29) is 17.7 Å². The summed E-state index contributed by atoms with van der Waals surface area (Å²) < 4.78 is 0. The topological polar surface area (TPSA) is 71.1 Å². The maximum Gasteiger partial charge on any atom is 0.244 e. The van der Waals surface area contributed by atoms with Crippen LogP contribution in [-0.2, 0) is 16.1 Å². The van der Waals surface area contributed by atoms with E-state index in [4.69, 9.17) is 0 Å². The van der Waals surface area contributed by atoms with Gasteiger partial charge in [0.15, 0.2) is 0 Å². The highest BCUT2D eigenvalue weighted by molar-refractivity contribution is 7.09. The molecule has 2 rings (SSSR count). The first-order valence-corrected chi connectivity index (χ1v) is 8.60. The van der Waals surface area contributed by atoms with E-state index in [1.54, 1.807) is 17.4 Å². The van der Waals surface area contributed by atoms with Gasteiger partial charge in [-0.25, -0.2) is 4.98 Å². The number of nitrogens with one attached hydrogen (secondary N) is 2. The van der Waals surface area contributed by atoms with Crippen molar-refractivity contribution in [3.05, 3.63) is 52.0 Å². The third-order valence-electron chi connectivity index (χ3n) is 3.25. The number of hydrogen-bond donors (Lipinski definition) is 2. The highest BCUT2D eigenvalue weighted by atomic mass is 32.1. The zero-order valence-electron chi connectivity index (χ0n) is 14.0. The van der Waals surface area contributed by atoms with Crippen LogP contribution in [-0.4, -0.2) is 16.8 Å². The zero-order valence-corrected chi connectivity index (χ0v) is 14.8. The lowest BCUT2D eigenvalue weighted by atomic mass is 10.1. The molecule has 0 bridgehead atoms. The molecule has 0 aliphatic heterocycles. The Morgan fingerprint density at radius 2 is 1.96 bits per heavy atom. The lowest BCUT2D eigenvalue weighted by Gasteiger charge is -2.08. The lowest BCUT2D eigenvalue weighted by molar-refractivity contribution is -0.119. The first-order valence-electron chi connectivity index (χ1n) is 7.72. The van der Waals surface area contributed by atoms with Gasteiger partial charge < -0.3 is 10.6 Å². The molecule has 1 aromatic heterocycles. The fourth-order valence-electron chi connectivity index (χ4n) is 1.86. The molecule has 0 atom stereocenters. The van der Waals surface area contributed by atoms with Gasteiger partial charge in [-0.15, -0.1) is 11.3 Å². The molecule has 0 unspecified atom stereocenters. The minimum Gasteiger partial charge on any atom is -0.348 e. The van der Waals surface area contributed by atoms with Crippen LogP contribution in [0.2, 0.25) is 0 Å². The average Bonchev–Trinajstić information content (AvgIpc) is 2.97. The van der Waals surface area contributed by atoms with Crippen LogP contribution < -0.4 is 10.6 Å². The Morgan fingerprint density at radius 3 is 2.54 bits per heavy atom. The van der Waals surface area contributed by atoms with Crippen LogP contribution in [0.4, 0.5) is 5.69 Å². The second-order valence-electron chi connectivity index (χ2n) is 5.68. The van der Waals surface area contributed by atoms with Crippen molar-refractivity contribution < 1.29 is 9.59 Å². The van der Waals surface area contributed by atoms with E-state index >= 15 is 0 Å². The minimum absolute atomic E-state index is 0.0153. The zero-order chi connectivity index (χ0) is 17.5. The molecule has 0 fully saturated rings. The first-order chi connectivity index (χ1) is 11.4. The number of hydrogen-bond acceptors (Lipinski definition) is 4. The van der Waals surface area contributed by atoms with Gasteiger partial charge in [0.2, 0.25) is 11.8 Å². The van der Waals surface area contributed by atoms with Crippen LogP contribution in [0.15, 0.2) is 35.7 Å². The summed E-state index contributed by atoms with van der Waals surface area (Å²) in [6.45, 7) is 6.05. The van der Waals surface area contributed by atoms with Gasteiger partial charge in [0.1, 0.15) is 0 Å². The first kappa shape index (κ1) is 17.9. The van der Waals surface area contributed by atoms with Gasteiger partial charge in [-0.3, -0.25) is 9.59 Å². The number of amides is 2. The van der Waals surface area contributed by atoms with E-state index in [9.17, 15) is 9.59 Å². The van der Waals surface area contributed by atoms with Crippen LogP contribution in [0.5, 0.6) is 0 Å². The van der Waals surface area contributed by atoms with E-state index in [0.29, 0.717) is 6.54 Å². The Labute approximate surface area is 145 Å². The summed E-state index contributed by atoms with van der Waals surface area (Å²) in [5, 5.41) is 8.53. The van der Waals surface area contributed by atoms with Gasteiger partial charge in [-0.05, 0) is 30.7 Å². The number of carbonyl (C=O) groups excluding carboxylic acids is 2. The van der Waals surface area contributed by atoms with Crippen molar-refractivity contribution in [2.75, 3.05) is 5.32 Å². The standard InChI is InChI=1S/C18H21N3O2S/c1-12(2)18(23)21-15-6-4-14(5-7-15)10-19-17(22)9-8-16-11-24-13(3)20-16/h4-9,11-12H,10H2,1-3H3,(H,19,22)(H,21,23)/b9-8+. The summed E-state index contributed by atoms with van der Waals surface area (Å²) in [4.78, 5) is 27.7. The van der Waals surface area contributed by atoms with Gasteiger partial charge in [0.25, 0.3) is 0 Å². The monoisotopic (exact) mass is 343 g/mol. The van der Waals surface area contributed by atoms with Gasteiger partial charge in [0.05, 0.1) is 10.7 Å². The third kappa shape index (κ3) is 5.62. The third-order valence-corrected chi connectivity index (χ3v) is 4.05. The molecule has 24 heavy (non-hydrogen) atoms. The number of anilines is 1. The fourth-order valence-corrected chi connectivity index (χ4v) is 2.44. The largest absolute Gasteiger partial charge is 0.348 e. The van der Waals surface area contributed by atoms with Crippen LogP contribution in [0.25, 0.3) is 6.08 Å². The van der Waals surface area contributed by atoms with Crippen molar-refractivity contribution in [1.29, 1.82) is 0 Å². The predicted octanol–water partition coefficient (Wildman–Crippen LogP) is 3.38. The summed E-state index contributed by atoms with van der Waals surface area (Å²) in [6.07, 6.45) is 3.18. The molecular formula is C18H21N3O2S. The molecule has 1 aromatic carbocycles. The SMILES string of the molecule is Cc1nc(/C=C/C(=O)NCc2ccc(NC(=O)C(C)C)cc2)cs1. The second-order valence-corrected chi connectivity index (χ2v) is 6.75. The molecule has 6 heteroatoms. The highest BCUT2D eigenvalue weighted by Gasteiger charge is 2.06. The number of aryl methyl sites for hydroxylation is 1. The van der Waals surface area contributed by atoms with Gasteiger partial charge in [-0.2, -0.15) is 0 Å². The molecule has 0 aliphatic rings. The summed E-state index contributed by atoms with van der Waals surface area (Å²) in [5.41, 5.74) is 2.50. The molecule has 2 N–H and O–H groups in total. The second kappa shape index (κ2) is 8.40. The summed E-state index contributed by atoms with van der Waals surface area (Å²) >= 11 is 1.55. The van der Waals surface area contributed by atoms with E-state index in [0.717, 1.165) is 22.0 Å².